The Kier molecular flexibility index (Phi) is 6.44. The van der Waals surface area contributed by atoms with Crippen LogP contribution in [-0.4, -0.2) is 24.5 Å². The number of aliphatic imine (C=N–C) groups is 1. The standard InChI is InChI=1S/C25H25ClN2O3/c1-3-31-23-9-5-8-20(24(23)29)22-15-21(16-10-12-18(26)13-11-16)27-25(28-22)17-6-4-7-19(14-17)30-2/h4-14,22,25,28-29H,3,15H2,1-2H3/t22-,25-/m1/s1. The first-order valence-electron chi connectivity index (χ1n) is 10.3. The number of nitrogens with zero attached hydrogens (tertiary/aromatic N) is 1. The number of methoxy groups -OCH3 is 1. The minimum Gasteiger partial charge on any atom is -0.504 e. The molecule has 0 aliphatic carbocycles. The molecule has 5 nitrogen and oxygen atoms in total. The van der Waals surface area contributed by atoms with Crippen molar-refractivity contribution in [1.82, 2.24) is 5.32 Å². The molecule has 0 fully saturated rings. The summed E-state index contributed by atoms with van der Waals surface area (Å²) in [6, 6.07) is 21.0. The molecule has 0 saturated heterocycles. The van der Waals surface area contributed by atoms with Crippen LogP contribution in [0, 0.1) is 0 Å². The molecular formula is C25H25ClN2O3. The average molecular weight is 437 g/mol. The quantitative estimate of drug-likeness (QED) is 0.522. The molecule has 4 rings (SSSR count). The fourth-order valence-electron chi connectivity index (χ4n) is 3.80. The van der Waals surface area contributed by atoms with Crippen molar-refractivity contribution in [3.05, 3.63) is 88.4 Å². The zero-order valence-electron chi connectivity index (χ0n) is 17.5. The van der Waals surface area contributed by atoms with Crippen molar-refractivity contribution in [1.29, 1.82) is 0 Å². The van der Waals surface area contributed by atoms with Crippen LogP contribution in [0.2, 0.25) is 5.02 Å². The summed E-state index contributed by atoms with van der Waals surface area (Å²) >= 11 is 6.09. The van der Waals surface area contributed by atoms with Crippen molar-refractivity contribution in [2.45, 2.75) is 25.6 Å². The summed E-state index contributed by atoms with van der Waals surface area (Å²) in [5.74, 6) is 1.41. The fraction of sp³-hybridized carbons (Fsp3) is 0.240. The normalized spacial score (nSPS) is 18.4. The molecule has 6 heteroatoms. The second-order valence-electron chi connectivity index (χ2n) is 7.31. The summed E-state index contributed by atoms with van der Waals surface area (Å²) in [5.41, 5.74) is 3.70. The molecule has 3 aromatic rings. The molecule has 0 saturated carbocycles. The number of rotatable bonds is 6. The van der Waals surface area contributed by atoms with Crippen molar-refractivity contribution in [3.63, 3.8) is 0 Å². The van der Waals surface area contributed by atoms with Crippen LogP contribution >= 0.6 is 11.6 Å². The number of ether oxygens (including phenoxy) is 2. The van der Waals surface area contributed by atoms with Gasteiger partial charge in [-0.25, -0.2) is 0 Å². The zero-order chi connectivity index (χ0) is 21.8. The van der Waals surface area contributed by atoms with Crippen LogP contribution in [0.4, 0.5) is 0 Å². The van der Waals surface area contributed by atoms with Gasteiger partial charge in [0.15, 0.2) is 11.5 Å². The molecule has 3 aromatic carbocycles. The van der Waals surface area contributed by atoms with Crippen molar-refractivity contribution in [2.75, 3.05) is 13.7 Å². The predicted octanol–water partition coefficient (Wildman–Crippen LogP) is 5.68. The molecule has 160 valence electrons. The zero-order valence-corrected chi connectivity index (χ0v) is 18.3. The topological polar surface area (TPSA) is 63.1 Å². The average Bonchev–Trinajstić information content (AvgIpc) is 2.81. The van der Waals surface area contributed by atoms with E-state index in [0.717, 1.165) is 28.2 Å². The van der Waals surface area contributed by atoms with Gasteiger partial charge in [-0.1, -0.05) is 48.0 Å². The van der Waals surface area contributed by atoms with Gasteiger partial charge in [-0.3, -0.25) is 10.3 Å². The van der Waals surface area contributed by atoms with E-state index >= 15 is 0 Å². The number of hydrogen-bond acceptors (Lipinski definition) is 5. The number of phenols is 1. The van der Waals surface area contributed by atoms with Gasteiger partial charge in [-0.15, -0.1) is 0 Å². The molecule has 0 unspecified atom stereocenters. The van der Waals surface area contributed by atoms with E-state index in [1.165, 1.54) is 0 Å². The Morgan fingerprint density at radius 3 is 2.61 bits per heavy atom. The van der Waals surface area contributed by atoms with E-state index in [9.17, 15) is 5.11 Å². The molecule has 2 N–H and O–H groups in total. The highest BCUT2D eigenvalue weighted by Crippen LogP contribution is 2.39. The Hall–Kier alpha value is -3.02. The molecule has 2 atom stereocenters. The summed E-state index contributed by atoms with van der Waals surface area (Å²) in [5, 5.41) is 15.1. The molecule has 1 heterocycles. The van der Waals surface area contributed by atoms with Gasteiger partial charge in [0.2, 0.25) is 0 Å². The number of hydrogen-bond donors (Lipinski definition) is 2. The van der Waals surface area contributed by atoms with Gasteiger partial charge in [0, 0.05) is 28.8 Å². The van der Waals surface area contributed by atoms with Crippen molar-refractivity contribution in [2.24, 2.45) is 4.99 Å². The smallest absolute Gasteiger partial charge is 0.162 e. The summed E-state index contributed by atoms with van der Waals surface area (Å²) in [6.45, 7) is 2.38. The largest absolute Gasteiger partial charge is 0.504 e. The van der Waals surface area contributed by atoms with Gasteiger partial charge in [0.05, 0.1) is 13.7 Å². The van der Waals surface area contributed by atoms with E-state index in [-0.39, 0.29) is 18.0 Å². The van der Waals surface area contributed by atoms with Crippen LogP contribution in [0.15, 0.2) is 71.7 Å². The lowest BCUT2D eigenvalue weighted by Gasteiger charge is -2.31. The van der Waals surface area contributed by atoms with Crippen LogP contribution in [0.5, 0.6) is 17.2 Å². The Labute approximate surface area is 187 Å². The molecule has 0 aromatic heterocycles. The lowest BCUT2D eigenvalue weighted by atomic mass is 9.93. The second kappa shape index (κ2) is 9.41. The Bertz CT molecular complexity index is 1080. The van der Waals surface area contributed by atoms with Gasteiger partial charge in [0.25, 0.3) is 0 Å². The van der Waals surface area contributed by atoms with Gasteiger partial charge in [-0.05, 0) is 48.4 Å². The molecule has 1 aliphatic heterocycles. The van der Waals surface area contributed by atoms with E-state index in [2.05, 4.69) is 5.32 Å². The SMILES string of the molecule is CCOc1cccc([C@H]2CC(c3ccc(Cl)cc3)=N[C@@H](c3cccc(OC)c3)N2)c1O. The Morgan fingerprint density at radius 1 is 1.10 bits per heavy atom. The monoisotopic (exact) mass is 436 g/mol. The molecule has 0 radical (unpaired) electrons. The van der Waals surface area contributed by atoms with Crippen LogP contribution in [0.3, 0.4) is 0 Å². The maximum absolute atomic E-state index is 10.9. The second-order valence-corrected chi connectivity index (χ2v) is 7.75. The summed E-state index contributed by atoms with van der Waals surface area (Å²) in [6.07, 6.45) is 0.320. The lowest BCUT2D eigenvalue weighted by molar-refractivity contribution is 0.313. The first kappa shape index (κ1) is 21.2. The summed E-state index contributed by atoms with van der Waals surface area (Å²) in [7, 11) is 1.65. The van der Waals surface area contributed by atoms with E-state index in [1.54, 1.807) is 13.2 Å². The molecular weight excluding hydrogens is 412 g/mol. The number of halogens is 1. The summed E-state index contributed by atoms with van der Waals surface area (Å²) < 4.78 is 11.0. The van der Waals surface area contributed by atoms with E-state index in [1.807, 2.05) is 67.6 Å². The molecule has 0 spiro atoms. The van der Waals surface area contributed by atoms with Crippen LogP contribution in [-0.2, 0) is 0 Å². The third kappa shape index (κ3) is 4.68. The van der Waals surface area contributed by atoms with E-state index in [4.69, 9.17) is 26.1 Å². The highest BCUT2D eigenvalue weighted by Gasteiger charge is 2.28. The molecule has 0 amide bonds. The van der Waals surface area contributed by atoms with Crippen molar-refractivity contribution >= 4 is 17.3 Å². The minimum absolute atomic E-state index is 0.153. The number of para-hydroxylation sites is 1. The maximum atomic E-state index is 10.9. The maximum Gasteiger partial charge on any atom is 0.162 e. The molecule has 31 heavy (non-hydrogen) atoms. The first-order valence-corrected chi connectivity index (χ1v) is 10.6. The van der Waals surface area contributed by atoms with Crippen molar-refractivity contribution < 1.29 is 14.6 Å². The number of benzene rings is 3. The van der Waals surface area contributed by atoms with Gasteiger partial charge < -0.3 is 14.6 Å². The Balaban J connectivity index is 1.75. The summed E-state index contributed by atoms with van der Waals surface area (Å²) in [4.78, 5) is 4.99. The third-order valence-electron chi connectivity index (χ3n) is 5.33. The Morgan fingerprint density at radius 2 is 1.87 bits per heavy atom. The fourth-order valence-corrected chi connectivity index (χ4v) is 3.92. The van der Waals surface area contributed by atoms with Gasteiger partial charge >= 0.3 is 0 Å². The minimum atomic E-state index is -0.297. The highest BCUT2D eigenvalue weighted by molar-refractivity contribution is 6.30. The predicted molar refractivity (Wildman–Crippen MR) is 123 cm³/mol. The highest BCUT2D eigenvalue weighted by atomic mass is 35.5. The number of aromatic hydroxyl groups is 1. The van der Waals surface area contributed by atoms with Crippen molar-refractivity contribution in [3.8, 4) is 17.2 Å². The van der Waals surface area contributed by atoms with Gasteiger partial charge in [0.1, 0.15) is 11.9 Å². The van der Waals surface area contributed by atoms with Gasteiger partial charge in [-0.2, -0.15) is 0 Å². The van der Waals surface area contributed by atoms with Crippen LogP contribution in [0.1, 0.15) is 42.2 Å². The number of phenolic OH excluding ortho intramolecular Hbond substituents is 1. The van der Waals surface area contributed by atoms with Crippen LogP contribution < -0.4 is 14.8 Å². The lowest BCUT2D eigenvalue weighted by Crippen LogP contribution is -2.33. The third-order valence-corrected chi connectivity index (χ3v) is 5.59. The van der Waals surface area contributed by atoms with Crippen LogP contribution in [0.25, 0.3) is 0 Å². The first-order chi connectivity index (χ1) is 15.1. The number of nitrogens with one attached hydrogen (secondary N) is 1. The molecule has 0 bridgehead atoms. The van der Waals surface area contributed by atoms with E-state index in [0.29, 0.717) is 23.8 Å². The van der Waals surface area contributed by atoms with E-state index < -0.39 is 0 Å². The molecule has 1 aliphatic rings.